The predicted molar refractivity (Wildman–Crippen MR) is 88.4 cm³/mol. The summed E-state index contributed by atoms with van der Waals surface area (Å²) in [5, 5.41) is 16.2. The number of hydrogen-bond donors (Lipinski definition) is 3. The van der Waals surface area contributed by atoms with Crippen LogP contribution in [0.25, 0.3) is 0 Å². The fourth-order valence-electron chi connectivity index (χ4n) is 3.36. The molecule has 0 aliphatic heterocycles. The van der Waals surface area contributed by atoms with Crippen molar-refractivity contribution in [1.29, 1.82) is 0 Å². The van der Waals surface area contributed by atoms with Crippen molar-refractivity contribution < 1.29 is 14.6 Å². The number of ether oxygens (including phenoxy) is 1. The van der Waals surface area contributed by atoms with Crippen LogP contribution in [0.15, 0.2) is 24.3 Å². The van der Waals surface area contributed by atoms with Crippen LogP contribution in [0.2, 0.25) is 0 Å². The van der Waals surface area contributed by atoms with Gasteiger partial charge < -0.3 is 20.5 Å². The lowest BCUT2D eigenvalue weighted by Gasteiger charge is -2.24. The SMILES string of the molecule is COc1ccc(C(NC(=O)NCC2(O)CCCC2)C2CC2)cc1. The number of amides is 2. The van der Waals surface area contributed by atoms with Crippen molar-refractivity contribution >= 4 is 6.03 Å². The first-order chi connectivity index (χ1) is 11.1. The highest BCUT2D eigenvalue weighted by molar-refractivity contribution is 5.74. The highest BCUT2D eigenvalue weighted by Crippen LogP contribution is 2.41. The highest BCUT2D eigenvalue weighted by Gasteiger charge is 2.35. The smallest absolute Gasteiger partial charge is 0.315 e. The van der Waals surface area contributed by atoms with Gasteiger partial charge in [0.1, 0.15) is 5.75 Å². The normalized spacial score (nSPS) is 20.8. The van der Waals surface area contributed by atoms with E-state index in [1.165, 1.54) is 0 Å². The van der Waals surface area contributed by atoms with Gasteiger partial charge in [0.05, 0.1) is 18.8 Å². The number of benzene rings is 1. The van der Waals surface area contributed by atoms with Crippen LogP contribution < -0.4 is 15.4 Å². The average molecular weight is 318 g/mol. The Morgan fingerprint density at radius 1 is 1.30 bits per heavy atom. The molecule has 3 rings (SSSR count). The Bertz CT molecular complexity index is 534. The van der Waals surface area contributed by atoms with Gasteiger partial charge in [-0.3, -0.25) is 0 Å². The second-order valence-corrected chi connectivity index (χ2v) is 6.85. The molecule has 0 saturated heterocycles. The van der Waals surface area contributed by atoms with Crippen molar-refractivity contribution in [2.24, 2.45) is 5.92 Å². The number of methoxy groups -OCH3 is 1. The Morgan fingerprint density at radius 3 is 2.52 bits per heavy atom. The first kappa shape index (κ1) is 16.1. The molecule has 0 aromatic heterocycles. The molecule has 5 heteroatoms. The van der Waals surface area contributed by atoms with Crippen LogP contribution in [0.4, 0.5) is 4.79 Å². The van der Waals surface area contributed by atoms with Crippen molar-refractivity contribution in [3.8, 4) is 5.75 Å². The summed E-state index contributed by atoms with van der Waals surface area (Å²) < 4.78 is 5.19. The third-order valence-corrected chi connectivity index (χ3v) is 4.97. The van der Waals surface area contributed by atoms with E-state index in [0.717, 1.165) is 49.8 Å². The van der Waals surface area contributed by atoms with Crippen LogP contribution in [-0.2, 0) is 0 Å². The van der Waals surface area contributed by atoms with E-state index in [2.05, 4.69) is 10.6 Å². The van der Waals surface area contributed by atoms with Gasteiger partial charge in [0.2, 0.25) is 0 Å². The number of urea groups is 1. The van der Waals surface area contributed by atoms with Crippen molar-refractivity contribution in [3.05, 3.63) is 29.8 Å². The van der Waals surface area contributed by atoms with Crippen LogP contribution in [0.3, 0.4) is 0 Å². The number of hydrogen-bond acceptors (Lipinski definition) is 3. The molecule has 126 valence electrons. The molecule has 3 N–H and O–H groups in total. The lowest BCUT2D eigenvalue weighted by molar-refractivity contribution is 0.0500. The van der Waals surface area contributed by atoms with Crippen LogP contribution in [0, 0.1) is 5.92 Å². The average Bonchev–Trinajstić information content (AvgIpc) is 3.32. The first-order valence-electron chi connectivity index (χ1n) is 8.50. The summed E-state index contributed by atoms with van der Waals surface area (Å²) in [6.07, 6.45) is 5.91. The molecule has 0 spiro atoms. The monoisotopic (exact) mass is 318 g/mol. The number of nitrogens with one attached hydrogen (secondary N) is 2. The molecule has 2 fully saturated rings. The molecule has 2 saturated carbocycles. The number of aliphatic hydroxyl groups is 1. The molecule has 1 atom stereocenters. The zero-order valence-corrected chi connectivity index (χ0v) is 13.7. The lowest BCUT2D eigenvalue weighted by atomic mass is 10.0. The third-order valence-electron chi connectivity index (χ3n) is 4.97. The maximum absolute atomic E-state index is 12.2. The minimum atomic E-state index is -0.716. The summed E-state index contributed by atoms with van der Waals surface area (Å²) in [4.78, 5) is 12.2. The Labute approximate surface area is 137 Å². The van der Waals surface area contributed by atoms with E-state index < -0.39 is 5.60 Å². The molecule has 0 radical (unpaired) electrons. The third kappa shape index (κ3) is 4.16. The van der Waals surface area contributed by atoms with Crippen molar-refractivity contribution in [2.45, 2.75) is 50.2 Å². The zero-order valence-electron chi connectivity index (χ0n) is 13.7. The minimum Gasteiger partial charge on any atom is -0.497 e. The number of carbonyl (C=O) groups is 1. The molecule has 0 bridgehead atoms. The molecule has 5 nitrogen and oxygen atoms in total. The molecule has 1 aromatic carbocycles. The topological polar surface area (TPSA) is 70.6 Å². The van der Waals surface area contributed by atoms with E-state index in [1.807, 2.05) is 24.3 Å². The van der Waals surface area contributed by atoms with Gasteiger partial charge in [-0.1, -0.05) is 25.0 Å². The molecular formula is C18H26N2O3. The summed E-state index contributed by atoms with van der Waals surface area (Å²) in [6.45, 7) is 0.332. The summed E-state index contributed by atoms with van der Waals surface area (Å²) in [5.41, 5.74) is 0.384. The number of carbonyl (C=O) groups excluding carboxylic acids is 1. The van der Waals surface area contributed by atoms with E-state index in [0.29, 0.717) is 12.5 Å². The Hall–Kier alpha value is -1.75. The number of rotatable bonds is 6. The fraction of sp³-hybridized carbons (Fsp3) is 0.611. The largest absolute Gasteiger partial charge is 0.497 e. The summed E-state index contributed by atoms with van der Waals surface area (Å²) in [6, 6.07) is 7.69. The summed E-state index contributed by atoms with van der Waals surface area (Å²) in [5.74, 6) is 1.32. The van der Waals surface area contributed by atoms with Crippen LogP contribution in [0.1, 0.15) is 50.1 Å². The van der Waals surface area contributed by atoms with Gasteiger partial charge in [0, 0.05) is 6.54 Å². The van der Waals surface area contributed by atoms with Gasteiger partial charge in [0.15, 0.2) is 0 Å². The van der Waals surface area contributed by atoms with Gasteiger partial charge in [-0.15, -0.1) is 0 Å². The van der Waals surface area contributed by atoms with Gasteiger partial charge in [-0.05, 0) is 49.3 Å². The minimum absolute atomic E-state index is 0.0270. The highest BCUT2D eigenvalue weighted by atomic mass is 16.5. The van der Waals surface area contributed by atoms with Gasteiger partial charge in [-0.25, -0.2) is 4.79 Å². The Balaban J connectivity index is 1.57. The van der Waals surface area contributed by atoms with Gasteiger partial charge >= 0.3 is 6.03 Å². The van der Waals surface area contributed by atoms with Crippen molar-refractivity contribution in [2.75, 3.05) is 13.7 Å². The molecule has 2 aliphatic carbocycles. The van der Waals surface area contributed by atoms with E-state index in [1.54, 1.807) is 7.11 Å². The molecule has 23 heavy (non-hydrogen) atoms. The van der Waals surface area contributed by atoms with E-state index in [-0.39, 0.29) is 12.1 Å². The fourth-order valence-corrected chi connectivity index (χ4v) is 3.36. The van der Waals surface area contributed by atoms with Crippen molar-refractivity contribution in [1.82, 2.24) is 10.6 Å². The molecular weight excluding hydrogens is 292 g/mol. The standard InChI is InChI=1S/C18H26N2O3/c1-23-15-8-6-14(7-9-15)16(13-4-5-13)20-17(21)19-12-18(22)10-2-3-11-18/h6-9,13,16,22H,2-5,10-12H2,1H3,(H2,19,20,21). The van der Waals surface area contributed by atoms with Crippen molar-refractivity contribution in [3.63, 3.8) is 0 Å². The van der Waals surface area contributed by atoms with E-state index in [9.17, 15) is 9.90 Å². The van der Waals surface area contributed by atoms with E-state index >= 15 is 0 Å². The molecule has 2 aliphatic rings. The maximum atomic E-state index is 12.2. The molecule has 2 amide bonds. The van der Waals surface area contributed by atoms with E-state index in [4.69, 9.17) is 4.74 Å². The molecule has 1 unspecified atom stereocenters. The predicted octanol–water partition coefficient (Wildman–Crippen LogP) is 2.75. The van der Waals surface area contributed by atoms with Gasteiger partial charge in [0.25, 0.3) is 0 Å². The maximum Gasteiger partial charge on any atom is 0.315 e. The summed E-state index contributed by atoms with van der Waals surface area (Å²) in [7, 11) is 1.65. The van der Waals surface area contributed by atoms with Crippen LogP contribution >= 0.6 is 0 Å². The second-order valence-electron chi connectivity index (χ2n) is 6.85. The van der Waals surface area contributed by atoms with Gasteiger partial charge in [-0.2, -0.15) is 0 Å². The summed E-state index contributed by atoms with van der Waals surface area (Å²) >= 11 is 0. The molecule has 0 heterocycles. The molecule has 1 aromatic rings. The lowest BCUT2D eigenvalue weighted by Crippen LogP contribution is -2.46. The second kappa shape index (κ2) is 6.79. The van der Waals surface area contributed by atoms with Crippen LogP contribution in [-0.4, -0.2) is 30.4 Å². The first-order valence-corrected chi connectivity index (χ1v) is 8.50. The Kier molecular flexibility index (Phi) is 4.76. The quantitative estimate of drug-likeness (QED) is 0.755. The zero-order chi connectivity index (χ0) is 16.3. The Morgan fingerprint density at radius 2 is 1.96 bits per heavy atom. The van der Waals surface area contributed by atoms with Crippen LogP contribution in [0.5, 0.6) is 5.75 Å².